The Morgan fingerprint density at radius 3 is 1.33 bits per heavy atom. The van der Waals surface area contributed by atoms with E-state index in [1.165, 1.54) is 116 Å². The molecule has 0 aromatic rings. The molecule has 49 heavy (non-hydrogen) atoms. The van der Waals surface area contributed by atoms with Crippen molar-refractivity contribution < 1.29 is 34.1 Å². The number of carboxylic acids is 1. The zero-order valence-electron chi connectivity index (χ0n) is 31.7. The van der Waals surface area contributed by atoms with E-state index in [4.69, 9.17) is 14.9 Å². The second-order valence-corrected chi connectivity index (χ2v) is 14.1. The van der Waals surface area contributed by atoms with E-state index in [2.05, 4.69) is 24.5 Å². The summed E-state index contributed by atoms with van der Waals surface area (Å²) in [5.74, 6) is -2.28. The van der Waals surface area contributed by atoms with E-state index < -0.39 is 24.5 Å². The molecule has 288 valence electrons. The molecule has 0 aromatic carbocycles. The van der Waals surface area contributed by atoms with Crippen molar-refractivity contribution in [3.05, 3.63) is 0 Å². The molecule has 9 heteroatoms. The van der Waals surface area contributed by atoms with E-state index in [0.29, 0.717) is 19.3 Å². The molecule has 0 aromatic heterocycles. The molecule has 0 saturated heterocycles. The number of ether oxygens (including phenoxy) is 1. The van der Waals surface area contributed by atoms with E-state index in [0.717, 1.165) is 57.8 Å². The number of aliphatic carboxylic acids is 1. The van der Waals surface area contributed by atoms with Gasteiger partial charge in [-0.25, -0.2) is 4.79 Å². The average Bonchev–Trinajstić information content (AvgIpc) is 3.08. The number of carboxylic acid groups (broad SMARTS) is 1. The first-order valence-corrected chi connectivity index (χ1v) is 20.4. The minimum Gasteiger partial charge on any atom is -0.480 e. The normalized spacial score (nSPS) is 12.4. The van der Waals surface area contributed by atoms with Crippen LogP contribution in [-0.4, -0.2) is 59.3 Å². The van der Waals surface area contributed by atoms with E-state index in [1.54, 1.807) is 0 Å². The Hall–Kier alpha value is -2.16. The summed E-state index contributed by atoms with van der Waals surface area (Å²) in [6, 6.07) is -1.38. The second-order valence-electron chi connectivity index (χ2n) is 14.1. The number of nitrogens with one attached hydrogen (secondary N) is 2. The van der Waals surface area contributed by atoms with Gasteiger partial charge in [0.15, 0.2) is 0 Å². The maximum absolute atomic E-state index is 12.7. The summed E-state index contributed by atoms with van der Waals surface area (Å²) >= 11 is 0. The first kappa shape index (κ1) is 46.8. The Morgan fingerprint density at radius 2 is 0.918 bits per heavy atom. The maximum Gasteiger partial charge on any atom is 0.328 e. The number of hydrogen-bond acceptors (Lipinski definition) is 6. The van der Waals surface area contributed by atoms with Crippen LogP contribution in [0.5, 0.6) is 0 Å². The number of carbonyl (C=O) groups is 4. The predicted octanol–water partition coefficient (Wildman–Crippen LogP) is 9.32. The minimum atomic E-state index is -1.38. The second kappa shape index (κ2) is 35.7. The molecule has 0 saturated carbocycles. The highest BCUT2D eigenvalue weighted by atomic mass is 16.5. The van der Waals surface area contributed by atoms with Crippen LogP contribution in [0.1, 0.15) is 206 Å². The van der Waals surface area contributed by atoms with Gasteiger partial charge < -0.3 is 25.6 Å². The van der Waals surface area contributed by atoms with Crippen LogP contribution >= 0.6 is 0 Å². The first-order valence-electron chi connectivity index (χ1n) is 20.4. The minimum absolute atomic E-state index is 0.00210. The van der Waals surface area contributed by atoms with Gasteiger partial charge in [-0.2, -0.15) is 0 Å². The zero-order valence-corrected chi connectivity index (χ0v) is 31.7. The Bertz CT molecular complexity index is 807. The number of carbonyl (C=O) groups excluding carboxylic acids is 3. The molecule has 0 aliphatic carbocycles. The van der Waals surface area contributed by atoms with Crippen molar-refractivity contribution in [3.8, 4) is 0 Å². The van der Waals surface area contributed by atoms with Crippen LogP contribution in [0, 0.1) is 0 Å². The van der Waals surface area contributed by atoms with Crippen molar-refractivity contribution in [3.63, 3.8) is 0 Å². The largest absolute Gasteiger partial charge is 0.480 e. The number of rotatable bonds is 37. The molecule has 2 unspecified atom stereocenters. The van der Waals surface area contributed by atoms with Crippen LogP contribution in [0.3, 0.4) is 0 Å². The summed E-state index contributed by atoms with van der Waals surface area (Å²) in [5.41, 5.74) is 0. The van der Waals surface area contributed by atoms with Gasteiger partial charge in [0.05, 0.1) is 13.2 Å². The van der Waals surface area contributed by atoms with E-state index >= 15 is 0 Å². The van der Waals surface area contributed by atoms with Crippen molar-refractivity contribution in [2.75, 3.05) is 13.2 Å². The summed E-state index contributed by atoms with van der Waals surface area (Å²) < 4.78 is 6.00. The molecule has 0 aliphatic rings. The van der Waals surface area contributed by atoms with Gasteiger partial charge in [-0.15, -0.1) is 0 Å². The highest BCUT2D eigenvalue weighted by Crippen LogP contribution is 2.19. The lowest BCUT2D eigenvalue weighted by molar-refractivity contribution is -0.150. The Labute approximate surface area is 299 Å². The fourth-order valence-corrected chi connectivity index (χ4v) is 6.19. The Balaban J connectivity index is 4.25. The third-order valence-corrected chi connectivity index (χ3v) is 9.35. The molecule has 0 rings (SSSR count). The van der Waals surface area contributed by atoms with Crippen molar-refractivity contribution in [1.82, 2.24) is 10.6 Å². The molecule has 4 N–H and O–H groups in total. The molecule has 0 aliphatic heterocycles. The highest BCUT2D eigenvalue weighted by molar-refractivity contribution is 5.87. The smallest absolute Gasteiger partial charge is 0.328 e. The molecule has 9 nitrogen and oxygen atoms in total. The summed E-state index contributed by atoms with van der Waals surface area (Å²) in [7, 11) is 0. The third-order valence-electron chi connectivity index (χ3n) is 9.35. The molecule has 0 bridgehead atoms. The van der Waals surface area contributed by atoms with Crippen molar-refractivity contribution in [2.24, 2.45) is 0 Å². The predicted molar refractivity (Wildman–Crippen MR) is 199 cm³/mol. The average molecular weight is 697 g/mol. The topological polar surface area (TPSA) is 142 Å². The highest BCUT2D eigenvalue weighted by Gasteiger charge is 2.19. The van der Waals surface area contributed by atoms with Gasteiger partial charge in [-0.05, 0) is 38.5 Å². The number of amides is 2. The van der Waals surface area contributed by atoms with Gasteiger partial charge in [-0.3, -0.25) is 14.4 Å². The lowest BCUT2D eigenvalue weighted by Crippen LogP contribution is -2.47. The van der Waals surface area contributed by atoms with Crippen LogP contribution in [0.25, 0.3) is 0 Å². The van der Waals surface area contributed by atoms with Crippen LogP contribution < -0.4 is 10.6 Å². The monoisotopic (exact) mass is 697 g/mol. The van der Waals surface area contributed by atoms with Gasteiger partial charge in [0.25, 0.3) is 0 Å². The van der Waals surface area contributed by atoms with Gasteiger partial charge in [0.2, 0.25) is 11.8 Å². The van der Waals surface area contributed by atoms with Crippen LogP contribution in [0.2, 0.25) is 0 Å². The molecule has 0 heterocycles. The fourth-order valence-electron chi connectivity index (χ4n) is 6.19. The Morgan fingerprint density at radius 1 is 0.531 bits per heavy atom. The molecule has 0 radical (unpaired) electrons. The van der Waals surface area contributed by atoms with Crippen LogP contribution in [-0.2, 0) is 23.9 Å². The summed E-state index contributed by atoms with van der Waals surface area (Å²) in [6.45, 7) is 3.48. The standard InChI is InChI=1S/C40H76N2O7/c1-3-5-7-9-11-13-15-17-19-24-28-32-39(46)49-35(29-25-21-18-16-14-12-10-8-6-4-2)30-26-22-20-23-27-31-37(44)41-33-38(45)42-36(34-43)40(47)48/h35-36,43H,3-34H2,1-2H3,(H,41,44)(H,42,45)(H,47,48). The molecular formula is C40H76N2O7. The van der Waals surface area contributed by atoms with Crippen molar-refractivity contribution >= 4 is 23.8 Å². The van der Waals surface area contributed by atoms with Crippen LogP contribution in [0.4, 0.5) is 0 Å². The number of unbranched alkanes of at least 4 members (excludes halogenated alkanes) is 23. The number of esters is 1. The summed E-state index contributed by atoms with van der Waals surface area (Å²) in [5, 5.41) is 22.5. The quantitative estimate of drug-likeness (QED) is 0.0375. The number of aliphatic hydroxyl groups excluding tert-OH is 1. The number of aliphatic hydroxyl groups is 1. The van der Waals surface area contributed by atoms with E-state index in [-0.39, 0.29) is 24.5 Å². The first-order chi connectivity index (χ1) is 23.8. The lowest BCUT2D eigenvalue weighted by Gasteiger charge is -2.18. The lowest BCUT2D eigenvalue weighted by atomic mass is 10.0. The third kappa shape index (κ3) is 32.8. The molecule has 2 atom stereocenters. The van der Waals surface area contributed by atoms with E-state index in [1.807, 2.05) is 0 Å². The van der Waals surface area contributed by atoms with E-state index in [9.17, 15) is 19.2 Å². The van der Waals surface area contributed by atoms with Crippen LogP contribution in [0.15, 0.2) is 0 Å². The SMILES string of the molecule is CCCCCCCCCCCCCC(=O)OC(CCCCCCCCCCCC)CCCCCCCC(=O)NCC(=O)NC(CO)C(=O)O. The maximum atomic E-state index is 12.7. The molecule has 2 amide bonds. The van der Waals surface area contributed by atoms with Gasteiger partial charge in [-0.1, -0.05) is 155 Å². The van der Waals surface area contributed by atoms with Gasteiger partial charge in [0.1, 0.15) is 12.1 Å². The summed E-state index contributed by atoms with van der Waals surface area (Å²) in [4.78, 5) is 47.4. The number of hydrogen-bond donors (Lipinski definition) is 4. The van der Waals surface area contributed by atoms with Crippen molar-refractivity contribution in [2.45, 2.75) is 219 Å². The van der Waals surface area contributed by atoms with Crippen molar-refractivity contribution in [1.29, 1.82) is 0 Å². The summed E-state index contributed by atoms with van der Waals surface area (Å²) in [6.07, 6.45) is 34.1. The Kier molecular flexibility index (Phi) is 34.1. The van der Waals surface area contributed by atoms with Gasteiger partial charge in [0, 0.05) is 12.8 Å². The zero-order chi connectivity index (χ0) is 36.2. The molecule has 0 fully saturated rings. The fraction of sp³-hybridized carbons (Fsp3) is 0.900. The molecular weight excluding hydrogens is 620 g/mol. The molecule has 0 spiro atoms. The van der Waals surface area contributed by atoms with Gasteiger partial charge >= 0.3 is 11.9 Å².